The van der Waals surface area contributed by atoms with Crippen molar-refractivity contribution in [2.24, 2.45) is 0 Å². The van der Waals surface area contributed by atoms with Crippen LogP contribution in [0.25, 0.3) is 0 Å². The Morgan fingerprint density at radius 3 is 2.67 bits per heavy atom. The van der Waals surface area contributed by atoms with E-state index in [-0.39, 0.29) is 0 Å². The molecule has 0 bridgehead atoms. The maximum absolute atomic E-state index is 6.27. The molecule has 2 aromatic rings. The third-order valence-electron chi connectivity index (χ3n) is 4.55. The van der Waals surface area contributed by atoms with Gasteiger partial charge in [0.25, 0.3) is 0 Å². The Hall–Kier alpha value is -1.31. The van der Waals surface area contributed by atoms with Gasteiger partial charge in [-0.25, -0.2) is 0 Å². The van der Waals surface area contributed by atoms with Gasteiger partial charge in [0, 0.05) is 11.1 Å². The van der Waals surface area contributed by atoms with Crippen LogP contribution in [0.5, 0.6) is 0 Å². The lowest BCUT2D eigenvalue weighted by molar-refractivity contribution is 0.592. The molecule has 3 rings (SSSR count). The third-order valence-corrected chi connectivity index (χ3v) is 4.96. The van der Waals surface area contributed by atoms with Crippen LogP contribution < -0.4 is 5.32 Å². The zero-order valence-electron chi connectivity index (χ0n) is 12.7. The first kappa shape index (κ1) is 14.6. The fraction of sp³-hybridized carbons (Fsp3) is 0.368. The predicted molar refractivity (Wildman–Crippen MR) is 90.2 cm³/mol. The summed E-state index contributed by atoms with van der Waals surface area (Å²) in [5.74, 6) is 0. The molecular formula is C19H22ClN. The van der Waals surface area contributed by atoms with Crippen LogP contribution in [0.2, 0.25) is 5.02 Å². The topological polar surface area (TPSA) is 12.0 Å². The highest BCUT2D eigenvalue weighted by Crippen LogP contribution is 2.27. The van der Waals surface area contributed by atoms with Gasteiger partial charge in [-0.1, -0.05) is 41.9 Å². The van der Waals surface area contributed by atoms with Gasteiger partial charge in [-0.2, -0.15) is 0 Å². The minimum Gasteiger partial charge on any atom is -0.313 e. The van der Waals surface area contributed by atoms with Gasteiger partial charge in [0.1, 0.15) is 0 Å². The molecule has 1 unspecified atom stereocenters. The zero-order chi connectivity index (χ0) is 14.8. The van der Waals surface area contributed by atoms with Crippen molar-refractivity contribution >= 4 is 11.6 Å². The van der Waals surface area contributed by atoms with Gasteiger partial charge in [-0.05, 0) is 73.5 Å². The first-order chi connectivity index (χ1) is 10.2. The van der Waals surface area contributed by atoms with E-state index in [1.807, 2.05) is 14.0 Å². The van der Waals surface area contributed by atoms with E-state index >= 15 is 0 Å². The molecular weight excluding hydrogens is 278 g/mol. The van der Waals surface area contributed by atoms with Gasteiger partial charge in [-0.3, -0.25) is 0 Å². The minimum absolute atomic E-state index is 0.308. The van der Waals surface area contributed by atoms with Crippen LogP contribution in [0.15, 0.2) is 36.4 Å². The average molecular weight is 300 g/mol. The van der Waals surface area contributed by atoms with Gasteiger partial charge in [-0.15, -0.1) is 0 Å². The van der Waals surface area contributed by atoms with E-state index in [0.717, 1.165) is 17.0 Å². The summed E-state index contributed by atoms with van der Waals surface area (Å²) < 4.78 is 0. The van der Waals surface area contributed by atoms with Gasteiger partial charge in [0.15, 0.2) is 0 Å². The highest BCUT2D eigenvalue weighted by Gasteiger charge is 2.14. The van der Waals surface area contributed by atoms with Crippen LogP contribution in [0.1, 0.15) is 40.3 Å². The van der Waals surface area contributed by atoms with E-state index in [9.17, 15) is 0 Å². The number of likely N-dealkylation sites (N-methyl/N-ethyl adjacent to an activating group) is 1. The molecule has 0 spiro atoms. The maximum Gasteiger partial charge on any atom is 0.0438 e. The lowest BCUT2D eigenvalue weighted by Crippen LogP contribution is -2.19. The van der Waals surface area contributed by atoms with Crippen LogP contribution in [0.3, 0.4) is 0 Å². The smallest absolute Gasteiger partial charge is 0.0438 e. The first-order valence-electron chi connectivity index (χ1n) is 7.71. The summed E-state index contributed by atoms with van der Waals surface area (Å²) in [6.07, 6.45) is 4.80. The molecule has 21 heavy (non-hydrogen) atoms. The molecule has 2 aromatic carbocycles. The second-order valence-electron chi connectivity index (χ2n) is 6.01. The molecule has 0 fully saturated rings. The summed E-state index contributed by atoms with van der Waals surface area (Å²) >= 11 is 6.27. The van der Waals surface area contributed by atoms with E-state index in [4.69, 9.17) is 11.6 Å². The van der Waals surface area contributed by atoms with E-state index in [1.54, 1.807) is 5.56 Å². The number of hydrogen-bond donors (Lipinski definition) is 1. The molecule has 0 heterocycles. The Labute approximate surface area is 132 Å². The standard InChI is InChI=1S/C19H22ClN/c1-13-6-8-17(12-18(13)20)19(21-2)11-14-7-9-15-4-3-5-16(15)10-14/h6-10,12,19,21H,3-5,11H2,1-2H3. The monoisotopic (exact) mass is 299 g/mol. The molecule has 1 N–H and O–H groups in total. The van der Waals surface area contributed by atoms with E-state index in [2.05, 4.69) is 41.7 Å². The number of rotatable bonds is 4. The second-order valence-corrected chi connectivity index (χ2v) is 6.42. The van der Waals surface area contributed by atoms with Crippen LogP contribution >= 0.6 is 11.6 Å². The molecule has 1 aliphatic rings. The third kappa shape index (κ3) is 3.14. The first-order valence-corrected chi connectivity index (χ1v) is 8.09. The summed E-state index contributed by atoms with van der Waals surface area (Å²) in [6, 6.07) is 13.7. The SMILES string of the molecule is CNC(Cc1ccc2c(c1)CCC2)c1ccc(C)c(Cl)c1. The van der Waals surface area contributed by atoms with Gasteiger partial charge < -0.3 is 5.32 Å². The van der Waals surface area contributed by atoms with E-state index < -0.39 is 0 Å². The Morgan fingerprint density at radius 2 is 1.90 bits per heavy atom. The van der Waals surface area contributed by atoms with Crippen molar-refractivity contribution < 1.29 is 0 Å². The Morgan fingerprint density at radius 1 is 1.10 bits per heavy atom. The lowest BCUT2D eigenvalue weighted by atomic mass is 9.96. The fourth-order valence-electron chi connectivity index (χ4n) is 3.20. The number of hydrogen-bond acceptors (Lipinski definition) is 1. The van der Waals surface area contributed by atoms with Gasteiger partial charge in [0.2, 0.25) is 0 Å². The van der Waals surface area contributed by atoms with Crippen molar-refractivity contribution in [2.45, 2.75) is 38.6 Å². The number of fused-ring (bicyclic) bond motifs is 1. The predicted octanol–water partition coefficient (Wildman–Crippen LogP) is 4.64. The lowest BCUT2D eigenvalue weighted by Gasteiger charge is -2.18. The molecule has 1 aliphatic carbocycles. The molecule has 0 aromatic heterocycles. The van der Waals surface area contributed by atoms with Crippen molar-refractivity contribution in [3.63, 3.8) is 0 Å². The van der Waals surface area contributed by atoms with Crippen LogP contribution in [-0.4, -0.2) is 7.05 Å². The van der Waals surface area contributed by atoms with E-state index in [0.29, 0.717) is 6.04 Å². The summed E-state index contributed by atoms with van der Waals surface area (Å²) in [7, 11) is 2.02. The quantitative estimate of drug-likeness (QED) is 0.867. The summed E-state index contributed by atoms with van der Waals surface area (Å²) in [5, 5.41) is 4.27. The fourth-order valence-corrected chi connectivity index (χ4v) is 3.39. The van der Waals surface area contributed by atoms with Crippen molar-refractivity contribution in [2.75, 3.05) is 7.05 Å². The molecule has 110 valence electrons. The molecule has 0 aliphatic heterocycles. The zero-order valence-corrected chi connectivity index (χ0v) is 13.5. The Kier molecular flexibility index (Phi) is 4.32. The highest BCUT2D eigenvalue weighted by atomic mass is 35.5. The van der Waals surface area contributed by atoms with Crippen molar-refractivity contribution in [3.05, 3.63) is 69.2 Å². The minimum atomic E-state index is 0.308. The van der Waals surface area contributed by atoms with Gasteiger partial charge in [0.05, 0.1) is 0 Å². The molecule has 0 saturated heterocycles. The Balaban J connectivity index is 1.82. The maximum atomic E-state index is 6.27. The number of benzene rings is 2. The normalized spacial score (nSPS) is 15.0. The highest BCUT2D eigenvalue weighted by molar-refractivity contribution is 6.31. The van der Waals surface area contributed by atoms with Crippen LogP contribution in [-0.2, 0) is 19.3 Å². The Bertz CT molecular complexity index is 648. The molecule has 0 saturated carbocycles. The number of halogens is 1. The molecule has 0 radical (unpaired) electrons. The largest absolute Gasteiger partial charge is 0.313 e. The molecule has 1 nitrogen and oxygen atoms in total. The number of aryl methyl sites for hydroxylation is 3. The molecule has 0 amide bonds. The summed E-state index contributed by atoms with van der Waals surface area (Å²) in [6.45, 7) is 2.04. The number of nitrogens with one attached hydrogen (secondary N) is 1. The van der Waals surface area contributed by atoms with Gasteiger partial charge >= 0.3 is 0 Å². The average Bonchev–Trinajstić information content (AvgIpc) is 2.95. The van der Waals surface area contributed by atoms with Crippen molar-refractivity contribution in [3.8, 4) is 0 Å². The van der Waals surface area contributed by atoms with Crippen LogP contribution in [0.4, 0.5) is 0 Å². The summed E-state index contributed by atoms with van der Waals surface area (Å²) in [4.78, 5) is 0. The molecule has 1 atom stereocenters. The van der Waals surface area contributed by atoms with E-state index in [1.165, 1.54) is 36.0 Å². The van der Waals surface area contributed by atoms with Crippen molar-refractivity contribution in [1.82, 2.24) is 5.32 Å². The summed E-state index contributed by atoms with van der Waals surface area (Å²) in [5.41, 5.74) is 6.88. The van der Waals surface area contributed by atoms with Crippen molar-refractivity contribution in [1.29, 1.82) is 0 Å². The molecule has 2 heteroatoms. The van der Waals surface area contributed by atoms with Crippen LogP contribution in [0, 0.1) is 6.92 Å². The second kappa shape index (κ2) is 6.21.